The Hall–Kier alpha value is -0.820. The monoisotopic (exact) mass is 231 g/mol. The van der Waals surface area contributed by atoms with Gasteiger partial charge in [-0.3, -0.25) is 0 Å². The summed E-state index contributed by atoms with van der Waals surface area (Å²) >= 11 is 0. The third-order valence-corrected chi connectivity index (χ3v) is 4.14. The first-order chi connectivity index (χ1) is 8.15. The Morgan fingerprint density at radius 1 is 1.35 bits per heavy atom. The minimum atomic E-state index is 0.347. The molecule has 0 saturated heterocycles. The van der Waals surface area contributed by atoms with Crippen molar-refractivity contribution in [3.63, 3.8) is 0 Å². The Morgan fingerprint density at radius 3 is 2.88 bits per heavy atom. The van der Waals surface area contributed by atoms with E-state index < -0.39 is 0 Å². The maximum Gasteiger partial charge on any atom is 0.0108 e. The Bertz CT molecular complexity index is 358. The van der Waals surface area contributed by atoms with Crippen LogP contribution in [0.3, 0.4) is 0 Å². The van der Waals surface area contributed by atoms with Crippen LogP contribution in [0.2, 0.25) is 0 Å². The van der Waals surface area contributed by atoms with Gasteiger partial charge in [-0.2, -0.15) is 0 Å². The molecule has 1 nitrogen and oxygen atoms in total. The second-order valence-corrected chi connectivity index (χ2v) is 5.89. The van der Waals surface area contributed by atoms with E-state index in [0.717, 1.165) is 18.3 Å². The normalized spacial score (nSPS) is 26.8. The Morgan fingerprint density at radius 2 is 2.18 bits per heavy atom. The molecule has 3 atom stereocenters. The zero-order valence-corrected chi connectivity index (χ0v) is 11.2. The van der Waals surface area contributed by atoms with Gasteiger partial charge in [0.15, 0.2) is 0 Å². The van der Waals surface area contributed by atoms with Crippen molar-refractivity contribution in [1.29, 1.82) is 0 Å². The van der Waals surface area contributed by atoms with Gasteiger partial charge >= 0.3 is 0 Å². The van der Waals surface area contributed by atoms with Gasteiger partial charge in [0, 0.05) is 6.04 Å². The van der Waals surface area contributed by atoms with Crippen LogP contribution in [0.15, 0.2) is 24.3 Å². The van der Waals surface area contributed by atoms with E-state index in [1.165, 1.54) is 36.8 Å². The smallest absolute Gasteiger partial charge is 0.0108 e. The first kappa shape index (κ1) is 12.6. The fourth-order valence-electron chi connectivity index (χ4n) is 3.15. The van der Waals surface area contributed by atoms with Crippen LogP contribution in [0.25, 0.3) is 0 Å². The summed E-state index contributed by atoms with van der Waals surface area (Å²) < 4.78 is 0. The SMILES string of the molecule is Cc1cccc(CC(N)C2CCCC(C)C2)c1. The number of rotatable bonds is 3. The van der Waals surface area contributed by atoms with E-state index in [9.17, 15) is 0 Å². The Balaban J connectivity index is 1.94. The molecular weight excluding hydrogens is 206 g/mol. The van der Waals surface area contributed by atoms with Crippen molar-refractivity contribution in [1.82, 2.24) is 0 Å². The molecule has 0 bridgehead atoms. The van der Waals surface area contributed by atoms with Crippen LogP contribution in [0.5, 0.6) is 0 Å². The van der Waals surface area contributed by atoms with Crippen LogP contribution in [0.4, 0.5) is 0 Å². The minimum absolute atomic E-state index is 0.347. The molecule has 0 spiro atoms. The van der Waals surface area contributed by atoms with Crippen molar-refractivity contribution >= 4 is 0 Å². The lowest BCUT2D eigenvalue weighted by Crippen LogP contribution is -2.35. The minimum Gasteiger partial charge on any atom is -0.327 e. The van der Waals surface area contributed by atoms with Crippen molar-refractivity contribution in [2.45, 2.75) is 52.0 Å². The maximum absolute atomic E-state index is 6.39. The third-order valence-electron chi connectivity index (χ3n) is 4.14. The number of hydrogen-bond acceptors (Lipinski definition) is 1. The van der Waals surface area contributed by atoms with E-state index in [1.54, 1.807) is 0 Å². The van der Waals surface area contributed by atoms with Crippen LogP contribution < -0.4 is 5.73 Å². The van der Waals surface area contributed by atoms with Crippen molar-refractivity contribution in [2.75, 3.05) is 0 Å². The summed E-state index contributed by atoms with van der Waals surface area (Å²) in [5, 5.41) is 0. The summed E-state index contributed by atoms with van der Waals surface area (Å²) in [4.78, 5) is 0. The second-order valence-electron chi connectivity index (χ2n) is 5.89. The van der Waals surface area contributed by atoms with E-state index in [4.69, 9.17) is 5.73 Å². The highest BCUT2D eigenvalue weighted by Crippen LogP contribution is 2.31. The number of nitrogens with two attached hydrogens (primary N) is 1. The first-order valence-corrected chi connectivity index (χ1v) is 6.96. The quantitative estimate of drug-likeness (QED) is 0.843. The summed E-state index contributed by atoms with van der Waals surface area (Å²) in [5.41, 5.74) is 9.13. The van der Waals surface area contributed by atoms with Gasteiger partial charge in [-0.05, 0) is 43.6 Å². The highest BCUT2D eigenvalue weighted by molar-refractivity contribution is 5.23. The molecule has 1 fully saturated rings. The molecule has 0 radical (unpaired) electrons. The van der Waals surface area contributed by atoms with E-state index in [1.807, 2.05) is 0 Å². The molecular formula is C16H25N. The van der Waals surface area contributed by atoms with Crippen molar-refractivity contribution in [2.24, 2.45) is 17.6 Å². The van der Waals surface area contributed by atoms with Crippen molar-refractivity contribution < 1.29 is 0 Å². The molecule has 0 heterocycles. The lowest BCUT2D eigenvalue weighted by molar-refractivity contribution is 0.245. The van der Waals surface area contributed by atoms with Gasteiger partial charge in [-0.25, -0.2) is 0 Å². The topological polar surface area (TPSA) is 26.0 Å². The van der Waals surface area contributed by atoms with E-state index >= 15 is 0 Å². The fraction of sp³-hybridized carbons (Fsp3) is 0.625. The molecule has 1 saturated carbocycles. The molecule has 94 valence electrons. The zero-order chi connectivity index (χ0) is 12.3. The lowest BCUT2D eigenvalue weighted by atomic mass is 9.77. The van der Waals surface area contributed by atoms with Gasteiger partial charge in [0.25, 0.3) is 0 Å². The molecule has 17 heavy (non-hydrogen) atoms. The molecule has 1 heteroatoms. The Labute approximate surface area is 105 Å². The van der Waals surface area contributed by atoms with E-state index in [-0.39, 0.29) is 0 Å². The molecule has 2 rings (SSSR count). The molecule has 3 unspecified atom stereocenters. The van der Waals surface area contributed by atoms with Crippen molar-refractivity contribution in [3.8, 4) is 0 Å². The van der Waals surface area contributed by atoms with Crippen LogP contribution in [0.1, 0.15) is 43.7 Å². The molecule has 0 amide bonds. The van der Waals surface area contributed by atoms with Gasteiger partial charge in [0.1, 0.15) is 0 Å². The largest absolute Gasteiger partial charge is 0.327 e. The zero-order valence-electron chi connectivity index (χ0n) is 11.2. The molecule has 1 aromatic rings. The molecule has 0 aliphatic heterocycles. The molecule has 1 aromatic carbocycles. The summed E-state index contributed by atoms with van der Waals surface area (Å²) in [6.07, 6.45) is 6.46. The van der Waals surface area contributed by atoms with Gasteiger partial charge < -0.3 is 5.73 Å². The summed E-state index contributed by atoms with van der Waals surface area (Å²) in [6.45, 7) is 4.52. The average Bonchev–Trinajstić information content (AvgIpc) is 2.29. The Kier molecular flexibility index (Phi) is 4.22. The predicted molar refractivity (Wildman–Crippen MR) is 74.0 cm³/mol. The molecule has 1 aliphatic rings. The van der Waals surface area contributed by atoms with Crippen LogP contribution in [0, 0.1) is 18.8 Å². The van der Waals surface area contributed by atoms with Crippen LogP contribution in [-0.4, -0.2) is 6.04 Å². The number of hydrogen-bond donors (Lipinski definition) is 1. The van der Waals surface area contributed by atoms with Gasteiger partial charge in [-0.1, -0.05) is 49.6 Å². The second kappa shape index (κ2) is 5.68. The van der Waals surface area contributed by atoms with E-state index in [2.05, 4.69) is 38.1 Å². The first-order valence-electron chi connectivity index (χ1n) is 6.96. The van der Waals surface area contributed by atoms with Crippen LogP contribution in [-0.2, 0) is 6.42 Å². The third kappa shape index (κ3) is 3.57. The molecule has 2 N–H and O–H groups in total. The maximum atomic E-state index is 6.39. The predicted octanol–water partition coefficient (Wildman–Crippen LogP) is 3.69. The lowest BCUT2D eigenvalue weighted by Gasteiger charge is -2.31. The summed E-state index contributed by atoms with van der Waals surface area (Å²) in [5.74, 6) is 1.61. The number of aryl methyl sites for hydroxylation is 1. The number of benzene rings is 1. The highest BCUT2D eigenvalue weighted by atomic mass is 14.7. The van der Waals surface area contributed by atoms with Gasteiger partial charge in [0.2, 0.25) is 0 Å². The van der Waals surface area contributed by atoms with E-state index in [0.29, 0.717) is 6.04 Å². The average molecular weight is 231 g/mol. The summed E-state index contributed by atoms with van der Waals surface area (Å²) in [7, 11) is 0. The molecule has 1 aliphatic carbocycles. The van der Waals surface area contributed by atoms with Crippen LogP contribution >= 0.6 is 0 Å². The van der Waals surface area contributed by atoms with Gasteiger partial charge in [-0.15, -0.1) is 0 Å². The van der Waals surface area contributed by atoms with Crippen molar-refractivity contribution in [3.05, 3.63) is 35.4 Å². The molecule has 0 aromatic heterocycles. The standard InChI is InChI=1S/C16H25N/c1-12-5-3-7-14(9-12)11-16(17)15-8-4-6-13(2)10-15/h3,5,7,9,13,15-16H,4,6,8,10-11,17H2,1-2H3. The summed E-state index contributed by atoms with van der Waals surface area (Å²) in [6, 6.07) is 9.11. The fourth-order valence-corrected chi connectivity index (χ4v) is 3.15. The van der Waals surface area contributed by atoms with Gasteiger partial charge in [0.05, 0.1) is 0 Å². The highest BCUT2D eigenvalue weighted by Gasteiger charge is 2.24.